The van der Waals surface area contributed by atoms with E-state index in [1.165, 1.54) is 5.71 Å². The molecule has 4 heteroatoms. The monoisotopic (exact) mass is 197 g/mol. The molecule has 0 atom stereocenters. The van der Waals surface area contributed by atoms with Gasteiger partial charge in [-0.1, -0.05) is 31.7 Å². The minimum Gasteiger partial charge on any atom is -0.257 e. The number of nitrogens with zero attached hydrogens (tertiary/aromatic N) is 2. The Bertz CT molecular complexity index is 243. The van der Waals surface area contributed by atoms with Crippen LogP contribution in [-0.4, -0.2) is 23.2 Å². The number of hydrazone groups is 1. The predicted octanol–water partition coefficient (Wildman–Crippen LogP) is 1.88. The van der Waals surface area contributed by atoms with Crippen LogP contribution in [0.4, 0.5) is 0 Å². The Kier molecular flexibility index (Phi) is 4.02. The maximum absolute atomic E-state index is 4.24. The van der Waals surface area contributed by atoms with Gasteiger partial charge in [0.2, 0.25) is 0 Å². The van der Waals surface area contributed by atoms with Crippen LogP contribution in [0.5, 0.6) is 0 Å². The molecule has 3 nitrogen and oxygen atoms in total. The van der Waals surface area contributed by atoms with Crippen molar-refractivity contribution in [1.29, 1.82) is 0 Å². The molecule has 1 N–H and O–H groups in total. The lowest BCUT2D eigenvalue weighted by atomic mass is 10.1. The number of rotatable bonds is 3. The van der Waals surface area contributed by atoms with Crippen LogP contribution in [0.25, 0.3) is 0 Å². The number of aliphatic imine (C=N–C) groups is 1. The van der Waals surface area contributed by atoms with Crippen molar-refractivity contribution in [1.82, 2.24) is 5.43 Å². The van der Waals surface area contributed by atoms with E-state index in [4.69, 9.17) is 0 Å². The van der Waals surface area contributed by atoms with Gasteiger partial charge in [-0.15, -0.1) is 6.58 Å². The Labute approximate surface area is 83.4 Å². The van der Waals surface area contributed by atoms with Crippen LogP contribution in [0.2, 0.25) is 0 Å². The summed E-state index contributed by atoms with van der Waals surface area (Å²) < 4.78 is 0. The minimum absolute atomic E-state index is 0.515. The van der Waals surface area contributed by atoms with E-state index in [1.54, 1.807) is 17.8 Å². The van der Waals surface area contributed by atoms with Gasteiger partial charge in [-0.25, -0.2) is 0 Å². The zero-order valence-corrected chi connectivity index (χ0v) is 8.90. The standard InChI is InChI=1S/C9H15N3S/c1-4-5-10-9-12-11-8(6-13-9)7(2)3/h4,7H,1,5-6H2,2-3H3,(H,10,12). The SMILES string of the molecule is C=CCN=C1NN=C(C(C)C)CS1. The highest BCUT2D eigenvalue weighted by atomic mass is 32.2. The van der Waals surface area contributed by atoms with Crippen molar-refractivity contribution < 1.29 is 0 Å². The maximum atomic E-state index is 4.24. The molecule has 0 amide bonds. The van der Waals surface area contributed by atoms with E-state index in [0.717, 1.165) is 10.9 Å². The van der Waals surface area contributed by atoms with E-state index in [2.05, 4.69) is 35.9 Å². The summed E-state index contributed by atoms with van der Waals surface area (Å²) in [7, 11) is 0. The highest BCUT2D eigenvalue weighted by Crippen LogP contribution is 2.12. The van der Waals surface area contributed by atoms with Gasteiger partial charge in [-0.05, 0) is 5.92 Å². The van der Waals surface area contributed by atoms with Gasteiger partial charge >= 0.3 is 0 Å². The van der Waals surface area contributed by atoms with Crippen LogP contribution in [0.3, 0.4) is 0 Å². The fraction of sp³-hybridized carbons (Fsp3) is 0.556. The Hall–Kier alpha value is -0.770. The fourth-order valence-electron chi connectivity index (χ4n) is 0.851. The first kappa shape index (κ1) is 10.3. The number of hydrogen-bond donors (Lipinski definition) is 1. The van der Waals surface area contributed by atoms with E-state index in [0.29, 0.717) is 12.5 Å². The minimum atomic E-state index is 0.515. The molecule has 0 saturated heterocycles. The second-order valence-corrected chi connectivity index (χ2v) is 4.06. The molecule has 1 aliphatic rings. The quantitative estimate of drug-likeness (QED) is 0.701. The molecule has 1 rings (SSSR count). The first-order valence-electron chi connectivity index (χ1n) is 4.34. The Morgan fingerprint density at radius 3 is 3.00 bits per heavy atom. The van der Waals surface area contributed by atoms with Crippen molar-refractivity contribution >= 4 is 22.6 Å². The first-order chi connectivity index (χ1) is 6.24. The normalized spacial score (nSPS) is 19.9. The second kappa shape index (κ2) is 5.07. The summed E-state index contributed by atoms with van der Waals surface area (Å²) >= 11 is 1.70. The lowest BCUT2D eigenvalue weighted by Gasteiger charge is -2.16. The van der Waals surface area contributed by atoms with Crippen molar-refractivity contribution in [3.63, 3.8) is 0 Å². The lowest BCUT2D eigenvalue weighted by Crippen LogP contribution is -2.27. The van der Waals surface area contributed by atoms with Crippen molar-refractivity contribution in [2.75, 3.05) is 12.3 Å². The molecule has 0 aromatic carbocycles. The summed E-state index contributed by atoms with van der Waals surface area (Å²) in [6.07, 6.45) is 1.77. The zero-order valence-electron chi connectivity index (χ0n) is 8.08. The number of nitrogens with one attached hydrogen (secondary N) is 1. The highest BCUT2D eigenvalue weighted by Gasteiger charge is 2.12. The number of hydrogen-bond acceptors (Lipinski definition) is 3. The zero-order chi connectivity index (χ0) is 9.68. The molecule has 13 heavy (non-hydrogen) atoms. The molecule has 1 aliphatic heterocycles. The molecule has 0 aromatic rings. The van der Waals surface area contributed by atoms with Gasteiger partial charge in [0.1, 0.15) is 0 Å². The molecule has 0 spiro atoms. The smallest absolute Gasteiger partial charge is 0.177 e. The largest absolute Gasteiger partial charge is 0.257 e. The van der Waals surface area contributed by atoms with Crippen molar-refractivity contribution in [2.24, 2.45) is 16.0 Å². The highest BCUT2D eigenvalue weighted by molar-refractivity contribution is 8.14. The fourth-order valence-corrected chi connectivity index (χ4v) is 1.81. The summed E-state index contributed by atoms with van der Waals surface area (Å²) in [5, 5.41) is 5.14. The molecule has 0 unspecified atom stereocenters. The van der Waals surface area contributed by atoms with Crippen molar-refractivity contribution in [3.8, 4) is 0 Å². The van der Waals surface area contributed by atoms with Crippen LogP contribution in [-0.2, 0) is 0 Å². The average molecular weight is 197 g/mol. The molecule has 0 fully saturated rings. The molecular weight excluding hydrogens is 182 g/mol. The Balaban J connectivity index is 2.50. The van der Waals surface area contributed by atoms with E-state index in [1.807, 2.05) is 0 Å². The molecule has 0 bridgehead atoms. The summed E-state index contributed by atoms with van der Waals surface area (Å²) in [4.78, 5) is 4.24. The van der Waals surface area contributed by atoms with E-state index in [9.17, 15) is 0 Å². The summed E-state index contributed by atoms with van der Waals surface area (Å²) in [6.45, 7) is 8.55. The van der Waals surface area contributed by atoms with E-state index in [-0.39, 0.29) is 0 Å². The third-order valence-electron chi connectivity index (χ3n) is 1.68. The van der Waals surface area contributed by atoms with Crippen LogP contribution in [0.15, 0.2) is 22.7 Å². The van der Waals surface area contributed by atoms with Gasteiger partial charge in [0, 0.05) is 5.75 Å². The van der Waals surface area contributed by atoms with Crippen molar-refractivity contribution in [2.45, 2.75) is 13.8 Å². The van der Waals surface area contributed by atoms with E-state index < -0.39 is 0 Å². The Morgan fingerprint density at radius 2 is 2.54 bits per heavy atom. The molecule has 0 saturated carbocycles. The molecule has 0 aromatic heterocycles. The average Bonchev–Trinajstić information content (AvgIpc) is 2.15. The van der Waals surface area contributed by atoms with Gasteiger partial charge in [0.25, 0.3) is 0 Å². The predicted molar refractivity (Wildman–Crippen MR) is 60.4 cm³/mol. The molecule has 0 radical (unpaired) electrons. The second-order valence-electron chi connectivity index (χ2n) is 3.09. The molecular formula is C9H15N3S. The summed E-state index contributed by atoms with van der Waals surface area (Å²) in [5.41, 5.74) is 4.14. The first-order valence-corrected chi connectivity index (χ1v) is 5.33. The third-order valence-corrected chi connectivity index (χ3v) is 2.62. The van der Waals surface area contributed by atoms with Gasteiger partial charge < -0.3 is 0 Å². The number of amidine groups is 1. The Morgan fingerprint density at radius 1 is 1.77 bits per heavy atom. The van der Waals surface area contributed by atoms with Crippen molar-refractivity contribution in [3.05, 3.63) is 12.7 Å². The van der Waals surface area contributed by atoms with E-state index >= 15 is 0 Å². The molecule has 1 heterocycles. The molecule has 0 aliphatic carbocycles. The van der Waals surface area contributed by atoms with Gasteiger partial charge in [0.05, 0.1) is 12.3 Å². The van der Waals surface area contributed by atoms with Gasteiger partial charge in [0.15, 0.2) is 5.17 Å². The lowest BCUT2D eigenvalue weighted by molar-refractivity contribution is 0.853. The topological polar surface area (TPSA) is 36.8 Å². The van der Waals surface area contributed by atoms with Crippen LogP contribution < -0.4 is 5.43 Å². The number of thioether (sulfide) groups is 1. The van der Waals surface area contributed by atoms with Gasteiger partial charge in [-0.3, -0.25) is 10.4 Å². The van der Waals surface area contributed by atoms with Crippen LogP contribution >= 0.6 is 11.8 Å². The summed E-state index contributed by atoms with van der Waals surface area (Å²) in [5.74, 6) is 1.46. The van der Waals surface area contributed by atoms with Crippen LogP contribution in [0, 0.1) is 5.92 Å². The third kappa shape index (κ3) is 3.22. The van der Waals surface area contributed by atoms with Crippen LogP contribution in [0.1, 0.15) is 13.8 Å². The summed E-state index contributed by atoms with van der Waals surface area (Å²) in [6, 6.07) is 0. The molecule has 72 valence electrons. The van der Waals surface area contributed by atoms with Gasteiger partial charge in [-0.2, -0.15) is 5.10 Å². The maximum Gasteiger partial charge on any atom is 0.177 e.